The minimum Gasteiger partial charge on any atom is -0.386 e. The fraction of sp³-hybridized carbons (Fsp3) is 0.286. The normalized spacial score (nSPS) is 12.2. The average Bonchev–Trinajstić information content (AvgIpc) is 2.94. The molecule has 0 spiro atoms. The van der Waals surface area contributed by atoms with Crippen LogP contribution in [0, 0.1) is 5.82 Å². The minimum atomic E-state index is -1.09. The molecule has 20 heavy (non-hydrogen) atoms. The van der Waals surface area contributed by atoms with Gasteiger partial charge in [-0.15, -0.1) is 0 Å². The number of aromatic nitrogens is 2. The first-order valence-corrected chi connectivity index (χ1v) is 6.36. The Balaban J connectivity index is 1.95. The number of amides is 1. The van der Waals surface area contributed by atoms with E-state index >= 15 is 0 Å². The Kier molecular flexibility index (Phi) is 4.47. The summed E-state index contributed by atoms with van der Waals surface area (Å²) in [6.45, 7) is 1.87. The van der Waals surface area contributed by atoms with Crippen LogP contribution in [0.15, 0.2) is 30.3 Å². The van der Waals surface area contributed by atoms with E-state index in [4.69, 9.17) is 0 Å². The van der Waals surface area contributed by atoms with E-state index in [0.717, 1.165) is 12.1 Å². The lowest BCUT2D eigenvalue weighted by molar-refractivity contribution is 0.0909. The predicted molar refractivity (Wildman–Crippen MR) is 71.7 cm³/mol. The van der Waals surface area contributed by atoms with Gasteiger partial charge in [-0.1, -0.05) is 25.1 Å². The van der Waals surface area contributed by atoms with Crippen molar-refractivity contribution in [3.05, 3.63) is 53.1 Å². The van der Waals surface area contributed by atoms with Gasteiger partial charge in [-0.25, -0.2) is 4.39 Å². The number of rotatable bonds is 5. The molecule has 0 aliphatic rings. The second kappa shape index (κ2) is 6.29. The zero-order valence-electron chi connectivity index (χ0n) is 11.1. The number of carbonyl (C=O) groups excluding carboxylic acids is 1. The molecule has 106 valence electrons. The second-order valence-electron chi connectivity index (χ2n) is 4.38. The summed E-state index contributed by atoms with van der Waals surface area (Å²) in [6.07, 6.45) is -0.345. The number of carbonyl (C=O) groups is 1. The van der Waals surface area contributed by atoms with Crippen molar-refractivity contribution in [1.82, 2.24) is 15.5 Å². The Morgan fingerprint density at radius 2 is 2.25 bits per heavy atom. The molecule has 0 aliphatic heterocycles. The van der Waals surface area contributed by atoms with Crippen LogP contribution in [0.25, 0.3) is 0 Å². The van der Waals surface area contributed by atoms with Crippen LogP contribution in [-0.2, 0) is 6.42 Å². The summed E-state index contributed by atoms with van der Waals surface area (Å²) in [7, 11) is 0. The van der Waals surface area contributed by atoms with Crippen molar-refractivity contribution in [2.45, 2.75) is 19.4 Å². The molecule has 2 aromatic rings. The van der Waals surface area contributed by atoms with Crippen LogP contribution in [0.4, 0.5) is 4.39 Å². The molecule has 1 aromatic carbocycles. The minimum absolute atomic E-state index is 0.0753. The highest BCUT2D eigenvalue weighted by Gasteiger charge is 2.15. The number of H-pyrrole nitrogens is 1. The Labute approximate surface area is 115 Å². The predicted octanol–water partition coefficient (Wildman–Crippen LogP) is 1.57. The van der Waals surface area contributed by atoms with Gasteiger partial charge in [-0.05, 0) is 18.6 Å². The third-order valence-electron chi connectivity index (χ3n) is 2.96. The molecule has 0 radical (unpaired) electrons. The summed E-state index contributed by atoms with van der Waals surface area (Å²) in [4.78, 5) is 11.8. The molecule has 0 aliphatic carbocycles. The number of aliphatic hydroxyl groups excluding tert-OH is 1. The van der Waals surface area contributed by atoms with Gasteiger partial charge in [0.1, 0.15) is 11.5 Å². The van der Waals surface area contributed by atoms with Gasteiger partial charge >= 0.3 is 0 Å². The maximum absolute atomic E-state index is 13.4. The quantitative estimate of drug-likeness (QED) is 0.776. The zero-order chi connectivity index (χ0) is 14.5. The van der Waals surface area contributed by atoms with E-state index in [0.29, 0.717) is 0 Å². The highest BCUT2D eigenvalue weighted by atomic mass is 19.1. The third-order valence-corrected chi connectivity index (χ3v) is 2.96. The van der Waals surface area contributed by atoms with Crippen LogP contribution >= 0.6 is 0 Å². The average molecular weight is 277 g/mol. The standard InChI is InChI=1S/C14H16FN3O2/c1-2-9-7-12(18-17-9)14(20)16-8-13(19)10-5-3-4-6-11(10)15/h3-7,13,19H,2,8H2,1H3,(H,16,20)(H,17,18). The van der Waals surface area contributed by atoms with E-state index in [2.05, 4.69) is 15.5 Å². The van der Waals surface area contributed by atoms with E-state index in [9.17, 15) is 14.3 Å². The lowest BCUT2D eigenvalue weighted by atomic mass is 10.1. The Morgan fingerprint density at radius 1 is 1.50 bits per heavy atom. The molecule has 1 aromatic heterocycles. The van der Waals surface area contributed by atoms with Crippen molar-refractivity contribution in [2.75, 3.05) is 6.54 Å². The molecule has 2 rings (SSSR count). The van der Waals surface area contributed by atoms with Crippen molar-refractivity contribution in [1.29, 1.82) is 0 Å². The molecule has 0 saturated heterocycles. The van der Waals surface area contributed by atoms with Crippen LogP contribution in [0.3, 0.4) is 0 Å². The van der Waals surface area contributed by atoms with Gasteiger partial charge in [0, 0.05) is 17.8 Å². The van der Waals surface area contributed by atoms with Crippen molar-refractivity contribution in [3.8, 4) is 0 Å². The number of nitrogens with zero attached hydrogens (tertiary/aromatic N) is 1. The molecule has 6 heteroatoms. The summed E-state index contributed by atoms with van der Waals surface area (Å²) >= 11 is 0. The van der Waals surface area contributed by atoms with Crippen LogP contribution in [-0.4, -0.2) is 27.8 Å². The van der Waals surface area contributed by atoms with Crippen molar-refractivity contribution < 1.29 is 14.3 Å². The first-order chi connectivity index (χ1) is 9.61. The number of benzene rings is 1. The monoisotopic (exact) mass is 277 g/mol. The number of aromatic amines is 1. The fourth-order valence-electron chi connectivity index (χ4n) is 1.79. The second-order valence-corrected chi connectivity index (χ2v) is 4.38. The maximum atomic E-state index is 13.4. The Hall–Kier alpha value is -2.21. The Morgan fingerprint density at radius 3 is 2.90 bits per heavy atom. The summed E-state index contributed by atoms with van der Waals surface area (Å²) in [5, 5.41) is 19.0. The maximum Gasteiger partial charge on any atom is 0.271 e. The Bertz CT molecular complexity index is 598. The van der Waals surface area contributed by atoms with Gasteiger partial charge in [0.15, 0.2) is 0 Å². The van der Waals surface area contributed by atoms with Crippen molar-refractivity contribution in [3.63, 3.8) is 0 Å². The molecular formula is C14H16FN3O2. The van der Waals surface area contributed by atoms with Crippen LogP contribution < -0.4 is 5.32 Å². The van der Waals surface area contributed by atoms with Gasteiger partial charge in [0.05, 0.1) is 6.10 Å². The van der Waals surface area contributed by atoms with Crippen LogP contribution in [0.1, 0.15) is 34.8 Å². The van der Waals surface area contributed by atoms with Gasteiger partial charge in [0.25, 0.3) is 5.91 Å². The molecule has 1 amide bonds. The molecule has 0 bridgehead atoms. The lowest BCUT2D eigenvalue weighted by Gasteiger charge is -2.12. The molecule has 0 saturated carbocycles. The van der Waals surface area contributed by atoms with Gasteiger partial charge in [-0.2, -0.15) is 5.10 Å². The first-order valence-electron chi connectivity index (χ1n) is 6.36. The highest BCUT2D eigenvalue weighted by Crippen LogP contribution is 2.15. The molecule has 3 N–H and O–H groups in total. The highest BCUT2D eigenvalue weighted by molar-refractivity contribution is 5.92. The van der Waals surface area contributed by atoms with Crippen molar-refractivity contribution >= 4 is 5.91 Å². The zero-order valence-corrected chi connectivity index (χ0v) is 11.1. The summed E-state index contributed by atoms with van der Waals surface area (Å²) < 4.78 is 13.4. The number of hydrogen-bond donors (Lipinski definition) is 3. The van der Waals surface area contributed by atoms with Crippen LogP contribution in [0.5, 0.6) is 0 Å². The first kappa shape index (κ1) is 14.2. The number of aryl methyl sites for hydroxylation is 1. The smallest absolute Gasteiger partial charge is 0.271 e. The molecule has 0 fully saturated rings. The molecule has 1 heterocycles. The molecular weight excluding hydrogens is 261 g/mol. The fourth-order valence-corrected chi connectivity index (χ4v) is 1.79. The van der Waals surface area contributed by atoms with E-state index in [-0.39, 0.29) is 17.8 Å². The number of nitrogens with one attached hydrogen (secondary N) is 2. The van der Waals surface area contributed by atoms with Gasteiger partial charge in [-0.3, -0.25) is 9.89 Å². The summed E-state index contributed by atoms with van der Waals surface area (Å²) in [5.74, 6) is -0.904. The summed E-state index contributed by atoms with van der Waals surface area (Å²) in [6, 6.07) is 7.56. The SMILES string of the molecule is CCc1cc(C(=O)NCC(O)c2ccccc2F)n[nH]1. The molecule has 1 atom stereocenters. The van der Waals surface area contributed by atoms with E-state index in [1.807, 2.05) is 6.92 Å². The molecule has 5 nitrogen and oxygen atoms in total. The number of hydrogen-bond acceptors (Lipinski definition) is 3. The van der Waals surface area contributed by atoms with Crippen molar-refractivity contribution in [2.24, 2.45) is 0 Å². The number of aliphatic hydroxyl groups is 1. The van der Waals surface area contributed by atoms with Crippen LogP contribution in [0.2, 0.25) is 0 Å². The third kappa shape index (κ3) is 3.21. The topological polar surface area (TPSA) is 78.0 Å². The van der Waals surface area contributed by atoms with Gasteiger partial charge < -0.3 is 10.4 Å². The molecule has 1 unspecified atom stereocenters. The number of halogens is 1. The van der Waals surface area contributed by atoms with E-state index < -0.39 is 17.8 Å². The largest absolute Gasteiger partial charge is 0.386 e. The summed E-state index contributed by atoms with van der Waals surface area (Å²) in [5.41, 5.74) is 1.26. The van der Waals surface area contributed by atoms with E-state index in [1.54, 1.807) is 18.2 Å². The van der Waals surface area contributed by atoms with Gasteiger partial charge in [0.2, 0.25) is 0 Å². The van der Waals surface area contributed by atoms with E-state index in [1.165, 1.54) is 12.1 Å². The lowest BCUT2D eigenvalue weighted by Crippen LogP contribution is -2.29.